The van der Waals surface area contributed by atoms with Gasteiger partial charge in [-0.3, -0.25) is 15.0 Å². The molecule has 0 aromatic heterocycles. The third kappa shape index (κ3) is 4.45. The lowest BCUT2D eigenvalue weighted by molar-refractivity contribution is -0.385. The lowest BCUT2D eigenvalue weighted by atomic mass is 10.2. The van der Waals surface area contributed by atoms with E-state index in [2.05, 4.69) is 37.9 Å². The second-order valence-corrected chi connectivity index (χ2v) is 5.27. The minimum absolute atomic E-state index is 0.237. The number of hydrogen-bond acceptors (Lipinski definition) is 4. The molecule has 0 aliphatic carbocycles. The number of nitrogens with zero attached hydrogens (tertiary/aromatic N) is 2. The highest BCUT2D eigenvalue weighted by atomic mass is 19.1. The van der Waals surface area contributed by atoms with Crippen LogP contribution in [0, 0.1) is 15.9 Å². The van der Waals surface area contributed by atoms with Gasteiger partial charge >= 0.3 is 0 Å². The van der Waals surface area contributed by atoms with Crippen LogP contribution in [0.1, 0.15) is 27.7 Å². The Labute approximate surface area is 118 Å². The zero-order valence-electron chi connectivity index (χ0n) is 12.4. The summed E-state index contributed by atoms with van der Waals surface area (Å²) in [6, 6.07) is 4.47. The number of nitrogens with one attached hydrogen (secondary N) is 1. The summed E-state index contributed by atoms with van der Waals surface area (Å²) in [7, 11) is 0. The van der Waals surface area contributed by atoms with Crippen molar-refractivity contribution in [1.29, 1.82) is 0 Å². The van der Waals surface area contributed by atoms with E-state index in [0.29, 0.717) is 24.3 Å². The lowest BCUT2D eigenvalue weighted by Gasteiger charge is -2.30. The van der Waals surface area contributed by atoms with Gasteiger partial charge in [-0.15, -0.1) is 0 Å². The molecule has 1 N–H and O–H groups in total. The summed E-state index contributed by atoms with van der Waals surface area (Å²) in [5.74, 6) is -0.597. The standard InChI is InChI=1S/C14H22FN3O2/c1-10(2)17(11(3)4)8-7-16-14-6-5-12(18(19)20)9-13(14)15/h5-6,9-11,16H,7-8H2,1-4H3. The minimum Gasteiger partial charge on any atom is -0.381 e. The van der Waals surface area contributed by atoms with Crippen molar-refractivity contribution >= 4 is 11.4 Å². The molecule has 0 spiro atoms. The van der Waals surface area contributed by atoms with E-state index >= 15 is 0 Å². The lowest BCUT2D eigenvalue weighted by Crippen LogP contribution is -2.40. The van der Waals surface area contributed by atoms with Crippen molar-refractivity contribution in [2.24, 2.45) is 0 Å². The van der Waals surface area contributed by atoms with Crippen LogP contribution in [-0.4, -0.2) is 35.0 Å². The van der Waals surface area contributed by atoms with E-state index in [1.54, 1.807) is 0 Å². The molecule has 0 radical (unpaired) electrons. The molecule has 0 saturated heterocycles. The molecular formula is C14H22FN3O2. The number of nitro benzene ring substituents is 1. The molecule has 1 rings (SSSR count). The molecule has 0 amide bonds. The van der Waals surface area contributed by atoms with Gasteiger partial charge in [0.15, 0.2) is 5.82 Å². The molecule has 0 atom stereocenters. The number of halogens is 1. The van der Waals surface area contributed by atoms with Crippen LogP contribution >= 0.6 is 0 Å². The summed E-state index contributed by atoms with van der Waals surface area (Å²) < 4.78 is 13.7. The van der Waals surface area contributed by atoms with Crippen molar-refractivity contribution in [3.8, 4) is 0 Å². The second kappa shape index (κ2) is 7.19. The first kappa shape index (κ1) is 16.4. The Morgan fingerprint density at radius 1 is 1.30 bits per heavy atom. The summed E-state index contributed by atoms with van der Waals surface area (Å²) in [6.45, 7) is 9.84. The van der Waals surface area contributed by atoms with Gasteiger partial charge in [0.2, 0.25) is 0 Å². The molecule has 0 heterocycles. The van der Waals surface area contributed by atoms with Gasteiger partial charge in [-0.25, -0.2) is 4.39 Å². The van der Waals surface area contributed by atoms with E-state index < -0.39 is 10.7 Å². The van der Waals surface area contributed by atoms with E-state index in [1.165, 1.54) is 12.1 Å². The normalized spacial score (nSPS) is 11.4. The highest BCUT2D eigenvalue weighted by Crippen LogP contribution is 2.20. The molecule has 112 valence electrons. The molecule has 0 fully saturated rings. The van der Waals surface area contributed by atoms with Crippen LogP contribution in [-0.2, 0) is 0 Å². The first-order chi connectivity index (χ1) is 9.32. The monoisotopic (exact) mass is 283 g/mol. The molecule has 0 saturated carbocycles. The molecular weight excluding hydrogens is 261 g/mol. The fourth-order valence-corrected chi connectivity index (χ4v) is 2.19. The first-order valence-corrected chi connectivity index (χ1v) is 6.76. The third-order valence-electron chi connectivity index (χ3n) is 3.18. The zero-order valence-corrected chi connectivity index (χ0v) is 12.4. The first-order valence-electron chi connectivity index (χ1n) is 6.76. The zero-order chi connectivity index (χ0) is 15.3. The Morgan fingerprint density at radius 3 is 2.35 bits per heavy atom. The maximum atomic E-state index is 13.7. The fourth-order valence-electron chi connectivity index (χ4n) is 2.19. The van der Waals surface area contributed by atoms with E-state index in [0.717, 1.165) is 12.6 Å². The fraction of sp³-hybridized carbons (Fsp3) is 0.571. The topological polar surface area (TPSA) is 58.4 Å². The van der Waals surface area contributed by atoms with Crippen LogP contribution in [0.3, 0.4) is 0 Å². The highest BCUT2D eigenvalue weighted by molar-refractivity contribution is 5.50. The Bertz CT molecular complexity index is 456. The largest absolute Gasteiger partial charge is 0.381 e. The average Bonchev–Trinajstić information content (AvgIpc) is 2.34. The van der Waals surface area contributed by atoms with Crippen molar-refractivity contribution in [2.75, 3.05) is 18.4 Å². The van der Waals surface area contributed by atoms with Crippen LogP contribution in [0.25, 0.3) is 0 Å². The summed E-state index contributed by atoms with van der Waals surface area (Å²) in [5.41, 5.74) is 0.0575. The van der Waals surface area contributed by atoms with Gasteiger partial charge in [0, 0.05) is 31.2 Å². The molecule has 1 aromatic rings. The number of non-ortho nitro benzene ring substituents is 1. The quantitative estimate of drug-likeness (QED) is 0.616. The predicted octanol–water partition coefficient (Wildman–Crippen LogP) is 3.26. The number of nitro groups is 1. The van der Waals surface area contributed by atoms with Crippen LogP contribution in [0.5, 0.6) is 0 Å². The van der Waals surface area contributed by atoms with E-state index in [1.807, 2.05) is 0 Å². The molecule has 20 heavy (non-hydrogen) atoms. The molecule has 1 aromatic carbocycles. The van der Waals surface area contributed by atoms with Gasteiger partial charge in [0.05, 0.1) is 16.7 Å². The van der Waals surface area contributed by atoms with Gasteiger partial charge in [0.1, 0.15) is 0 Å². The third-order valence-corrected chi connectivity index (χ3v) is 3.18. The molecule has 0 bridgehead atoms. The molecule has 0 aliphatic rings. The predicted molar refractivity (Wildman–Crippen MR) is 78.5 cm³/mol. The van der Waals surface area contributed by atoms with Crippen LogP contribution < -0.4 is 5.32 Å². The van der Waals surface area contributed by atoms with Crippen molar-refractivity contribution in [1.82, 2.24) is 4.90 Å². The number of rotatable bonds is 7. The minimum atomic E-state index is -0.605. The van der Waals surface area contributed by atoms with Gasteiger partial charge in [-0.2, -0.15) is 0 Å². The summed E-state index contributed by atoms with van der Waals surface area (Å²) in [6.07, 6.45) is 0. The van der Waals surface area contributed by atoms with Gasteiger partial charge in [0.25, 0.3) is 5.69 Å². The number of anilines is 1. The van der Waals surface area contributed by atoms with E-state index in [-0.39, 0.29) is 5.69 Å². The number of benzene rings is 1. The van der Waals surface area contributed by atoms with Crippen molar-refractivity contribution < 1.29 is 9.31 Å². The average molecular weight is 283 g/mol. The molecule has 5 nitrogen and oxygen atoms in total. The SMILES string of the molecule is CC(C)N(CCNc1ccc([N+](=O)[O-])cc1F)C(C)C. The van der Waals surface area contributed by atoms with E-state index in [9.17, 15) is 14.5 Å². The van der Waals surface area contributed by atoms with Crippen LogP contribution in [0.2, 0.25) is 0 Å². The second-order valence-electron chi connectivity index (χ2n) is 5.27. The molecule has 6 heteroatoms. The summed E-state index contributed by atoms with van der Waals surface area (Å²) >= 11 is 0. The van der Waals surface area contributed by atoms with Crippen molar-refractivity contribution in [2.45, 2.75) is 39.8 Å². The Hall–Kier alpha value is -1.69. The van der Waals surface area contributed by atoms with Crippen molar-refractivity contribution in [3.63, 3.8) is 0 Å². The van der Waals surface area contributed by atoms with Crippen LogP contribution in [0.15, 0.2) is 18.2 Å². The Morgan fingerprint density at radius 2 is 1.90 bits per heavy atom. The van der Waals surface area contributed by atoms with Gasteiger partial charge < -0.3 is 5.32 Å². The maximum absolute atomic E-state index is 13.7. The van der Waals surface area contributed by atoms with Gasteiger partial charge in [-0.05, 0) is 33.8 Å². The summed E-state index contributed by atoms with van der Waals surface area (Å²) in [5, 5.41) is 13.5. The highest BCUT2D eigenvalue weighted by Gasteiger charge is 2.14. The Balaban J connectivity index is 2.60. The maximum Gasteiger partial charge on any atom is 0.272 e. The molecule has 0 aliphatic heterocycles. The summed E-state index contributed by atoms with van der Waals surface area (Å²) in [4.78, 5) is 12.2. The van der Waals surface area contributed by atoms with Crippen LogP contribution in [0.4, 0.5) is 15.8 Å². The van der Waals surface area contributed by atoms with Gasteiger partial charge in [-0.1, -0.05) is 0 Å². The number of hydrogen-bond donors (Lipinski definition) is 1. The van der Waals surface area contributed by atoms with E-state index in [4.69, 9.17) is 0 Å². The van der Waals surface area contributed by atoms with Crippen molar-refractivity contribution in [3.05, 3.63) is 34.1 Å². The molecule has 0 unspecified atom stereocenters. The Kier molecular flexibility index (Phi) is 5.88. The smallest absolute Gasteiger partial charge is 0.272 e.